The van der Waals surface area contributed by atoms with Gasteiger partial charge in [0.15, 0.2) is 0 Å². The molecule has 2 saturated carbocycles. The lowest BCUT2D eigenvalue weighted by Crippen LogP contribution is -2.46. The Morgan fingerprint density at radius 3 is 2.04 bits per heavy atom. The summed E-state index contributed by atoms with van der Waals surface area (Å²) in [5.74, 6) is 1.20. The van der Waals surface area contributed by atoms with Crippen molar-refractivity contribution in [2.75, 3.05) is 13.1 Å². The van der Waals surface area contributed by atoms with Gasteiger partial charge >= 0.3 is 0 Å². The average molecular weight is 386 g/mol. The van der Waals surface area contributed by atoms with E-state index in [9.17, 15) is 9.59 Å². The van der Waals surface area contributed by atoms with Gasteiger partial charge in [-0.05, 0) is 70.4 Å². The Bertz CT molecular complexity index is 440. The number of rotatable bonds is 5. The van der Waals surface area contributed by atoms with Crippen molar-refractivity contribution in [2.24, 2.45) is 11.8 Å². The maximum atomic E-state index is 12.4. The summed E-state index contributed by atoms with van der Waals surface area (Å²) in [4.78, 5) is 24.7. The minimum atomic E-state index is 0. The highest BCUT2D eigenvalue weighted by Crippen LogP contribution is 2.28. The first-order chi connectivity index (χ1) is 12.2. The van der Waals surface area contributed by atoms with Gasteiger partial charge in [-0.25, -0.2) is 0 Å². The third-order valence-corrected chi connectivity index (χ3v) is 6.35. The van der Waals surface area contributed by atoms with Crippen LogP contribution >= 0.6 is 12.4 Å². The summed E-state index contributed by atoms with van der Waals surface area (Å²) in [7, 11) is 0. The number of hydrogen-bond acceptors (Lipinski definition) is 3. The van der Waals surface area contributed by atoms with Gasteiger partial charge in [-0.15, -0.1) is 12.4 Å². The van der Waals surface area contributed by atoms with Gasteiger partial charge in [0, 0.05) is 24.4 Å². The standard InChI is InChI=1S/C20H35N3O2.ClH/c24-19(14-15-4-2-1-3-5-15)22-17-8-6-16(7-9-17)20(25)23-18-10-12-21-13-11-18;/h15-18,21H,1-14H2,(H,22,24)(H,23,25);1H. The minimum Gasteiger partial charge on any atom is -0.353 e. The number of carbonyl (C=O) groups is 2. The van der Waals surface area contributed by atoms with Crippen molar-refractivity contribution in [1.29, 1.82) is 0 Å². The first kappa shape index (κ1) is 21.5. The first-order valence-electron chi connectivity index (χ1n) is 10.5. The predicted octanol–water partition coefficient (Wildman–Crippen LogP) is 2.92. The van der Waals surface area contributed by atoms with Crippen molar-refractivity contribution in [3.63, 3.8) is 0 Å². The van der Waals surface area contributed by atoms with Crippen molar-refractivity contribution in [3.05, 3.63) is 0 Å². The monoisotopic (exact) mass is 385 g/mol. The van der Waals surface area contributed by atoms with Crippen molar-refractivity contribution < 1.29 is 9.59 Å². The van der Waals surface area contributed by atoms with Crippen LogP contribution in [0.5, 0.6) is 0 Å². The molecule has 0 aromatic carbocycles. The molecule has 0 aromatic heterocycles. The molecule has 0 spiro atoms. The highest BCUT2D eigenvalue weighted by atomic mass is 35.5. The molecule has 0 radical (unpaired) electrons. The second kappa shape index (κ2) is 11.1. The molecule has 0 aromatic rings. The summed E-state index contributed by atoms with van der Waals surface area (Å²) in [6.45, 7) is 2.01. The third-order valence-electron chi connectivity index (χ3n) is 6.35. The zero-order valence-corrected chi connectivity index (χ0v) is 16.8. The molecule has 5 nitrogen and oxygen atoms in total. The highest BCUT2D eigenvalue weighted by Gasteiger charge is 2.29. The van der Waals surface area contributed by atoms with Crippen molar-refractivity contribution in [2.45, 2.75) is 89.1 Å². The molecular weight excluding hydrogens is 350 g/mol. The molecular formula is C20H36ClN3O2. The fourth-order valence-corrected chi connectivity index (χ4v) is 4.73. The van der Waals surface area contributed by atoms with E-state index in [1.165, 1.54) is 32.1 Å². The lowest BCUT2D eigenvalue weighted by Gasteiger charge is -2.31. The molecule has 1 aliphatic heterocycles. The van der Waals surface area contributed by atoms with Gasteiger partial charge in [-0.1, -0.05) is 19.3 Å². The second-order valence-corrected chi connectivity index (χ2v) is 8.36. The fourth-order valence-electron chi connectivity index (χ4n) is 4.73. The third kappa shape index (κ3) is 6.73. The van der Waals surface area contributed by atoms with E-state index in [-0.39, 0.29) is 36.2 Å². The Balaban J connectivity index is 0.00000243. The van der Waals surface area contributed by atoms with Crippen LogP contribution < -0.4 is 16.0 Å². The number of amides is 2. The van der Waals surface area contributed by atoms with E-state index in [4.69, 9.17) is 0 Å². The fraction of sp³-hybridized carbons (Fsp3) is 0.900. The van der Waals surface area contributed by atoms with Crippen LogP contribution in [0.2, 0.25) is 0 Å². The van der Waals surface area contributed by atoms with Crippen LogP contribution in [0.3, 0.4) is 0 Å². The summed E-state index contributed by atoms with van der Waals surface area (Å²) in [6, 6.07) is 0.626. The predicted molar refractivity (Wildman–Crippen MR) is 106 cm³/mol. The number of carbonyl (C=O) groups excluding carboxylic acids is 2. The van der Waals surface area contributed by atoms with Crippen LogP contribution in [0, 0.1) is 11.8 Å². The summed E-state index contributed by atoms with van der Waals surface area (Å²) in [6.07, 6.45) is 12.8. The molecule has 3 rings (SSSR count). The maximum absolute atomic E-state index is 12.4. The molecule has 2 amide bonds. The Hall–Kier alpha value is -0.810. The zero-order chi connectivity index (χ0) is 17.5. The van der Waals surface area contributed by atoms with E-state index >= 15 is 0 Å². The van der Waals surface area contributed by atoms with E-state index in [0.717, 1.165) is 51.6 Å². The molecule has 1 saturated heterocycles. The van der Waals surface area contributed by atoms with E-state index in [0.29, 0.717) is 18.4 Å². The zero-order valence-electron chi connectivity index (χ0n) is 15.9. The quantitative estimate of drug-likeness (QED) is 0.681. The van der Waals surface area contributed by atoms with Gasteiger partial charge in [0.05, 0.1) is 0 Å². The molecule has 0 unspecified atom stereocenters. The number of nitrogens with one attached hydrogen (secondary N) is 3. The van der Waals surface area contributed by atoms with Gasteiger partial charge in [0.2, 0.25) is 11.8 Å². The summed E-state index contributed by atoms with van der Waals surface area (Å²) in [5, 5.41) is 9.79. The van der Waals surface area contributed by atoms with Crippen molar-refractivity contribution in [3.8, 4) is 0 Å². The molecule has 150 valence electrons. The molecule has 2 aliphatic carbocycles. The van der Waals surface area contributed by atoms with Gasteiger partial charge < -0.3 is 16.0 Å². The summed E-state index contributed by atoms with van der Waals surface area (Å²) >= 11 is 0. The summed E-state index contributed by atoms with van der Waals surface area (Å²) in [5.41, 5.74) is 0. The lowest BCUT2D eigenvalue weighted by molar-refractivity contribution is -0.127. The average Bonchev–Trinajstić information content (AvgIpc) is 2.64. The topological polar surface area (TPSA) is 70.2 Å². The van der Waals surface area contributed by atoms with Crippen LogP contribution in [0.15, 0.2) is 0 Å². The normalized spacial score (nSPS) is 28.0. The smallest absolute Gasteiger partial charge is 0.223 e. The minimum absolute atomic E-state index is 0. The largest absolute Gasteiger partial charge is 0.353 e. The molecule has 3 N–H and O–H groups in total. The van der Waals surface area contributed by atoms with Crippen molar-refractivity contribution in [1.82, 2.24) is 16.0 Å². The van der Waals surface area contributed by atoms with Crippen LogP contribution in [0.4, 0.5) is 0 Å². The first-order valence-corrected chi connectivity index (χ1v) is 10.5. The Labute approximate surface area is 164 Å². The number of halogens is 1. The van der Waals surface area contributed by atoms with E-state index < -0.39 is 0 Å². The molecule has 1 heterocycles. The maximum Gasteiger partial charge on any atom is 0.223 e. The number of piperidine rings is 1. The SMILES string of the molecule is Cl.O=C(CC1CCCCC1)NC1CCC(C(=O)NC2CCNCC2)CC1. The van der Waals surface area contributed by atoms with Crippen LogP contribution in [-0.2, 0) is 9.59 Å². The lowest BCUT2D eigenvalue weighted by atomic mass is 9.84. The second-order valence-electron chi connectivity index (χ2n) is 8.36. The molecule has 26 heavy (non-hydrogen) atoms. The Kier molecular flexibility index (Phi) is 9.20. The van der Waals surface area contributed by atoms with Crippen LogP contribution in [0.1, 0.15) is 77.0 Å². The molecule has 6 heteroatoms. The van der Waals surface area contributed by atoms with E-state index in [2.05, 4.69) is 16.0 Å². The molecule has 3 fully saturated rings. The van der Waals surface area contributed by atoms with E-state index in [1.54, 1.807) is 0 Å². The van der Waals surface area contributed by atoms with Crippen molar-refractivity contribution >= 4 is 24.2 Å². The van der Waals surface area contributed by atoms with Gasteiger partial charge in [-0.2, -0.15) is 0 Å². The van der Waals surface area contributed by atoms with E-state index in [1.807, 2.05) is 0 Å². The number of hydrogen-bond donors (Lipinski definition) is 3. The van der Waals surface area contributed by atoms with Crippen LogP contribution in [-0.4, -0.2) is 37.0 Å². The Morgan fingerprint density at radius 1 is 0.769 bits per heavy atom. The van der Waals surface area contributed by atoms with Gasteiger partial charge in [0.25, 0.3) is 0 Å². The summed E-state index contributed by atoms with van der Waals surface area (Å²) < 4.78 is 0. The molecule has 3 aliphatic rings. The highest BCUT2D eigenvalue weighted by molar-refractivity contribution is 5.85. The van der Waals surface area contributed by atoms with Gasteiger partial charge in [-0.3, -0.25) is 9.59 Å². The molecule has 0 bridgehead atoms. The molecule has 0 atom stereocenters. The van der Waals surface area contributed by atoms with Crippen LogP contribution in [0.25, 0.3) is 0 Å². The van der Waals surface area contributed by atoms with Gasteiger partial charge in [0.1, 0.15) is 0 Å². The Morgan fingerprint density at radius 2 is 1.38 bits per heavy atom.